The number of hydrogen-bond acceptors (Lipinski definition) is 11. The molecule has 1 saturated carbocycles. The molecule has 0 bridgehead atoms. The first-order chi connectivity index (χ1) is 27.5. The second kappa shape index (κ2) is 35.6. The van der Waals surface area contributed by atoms with Crippen LogP contribution >= 0.6 is 7.82 Å². The van der Waals surface area contributed by atoms with Crippen LogP contribution in [0.3, 0.4) is 0 Å². The lowest BCUT2D eigenvalue weighted by molar-refractivity contribution is -0.220. The molecule has 0 amide bonds. The van der Waals surface area contributed by atoms with Gasteiger partial charge in [0.25, 0.3) is 0 Å². The second-order valence-corrected chi connectivity index (χ2v) is 17.3. The lowest BCUT2D eigenvalue weighted by Gasteiger charge is -2.41. The number of carbonyl (C=O) groups excluding carboxylic acids is 1. The monoisotopic (exact) mass is 835 g/mol. The van der Waals surface area contributed by atoms with Gasteiger partial charge in [0.1, 0.15) is 42.7 Å². The average Bonchev–Trinajstić information content (AvgIpc) is 3.19. The molecule has 0 saturated heterocycles. The largest absolute Gasteiger partial charge is 0.472 e. The number of phosphoric acid groups is 1. The summed E-state index contributed by atoms with van der Waals surface area (Å²) < 4.78 is 34.1. The molecule has 57 heavy (non-hydrogen) atoms. The van der Waals surface area contributed by atoms with E-state index >= 15 is 0 Å². The predicted octanol–water partition coefficient (Wildman–Crippen LogP) is 8.92. The van der Waals surface area contributed by atoms with Crippen LogP contribution in [0.4, 0.5) is 0 Å². The first-order valence-corrected chi connectivity index (χ1v) is 24.2. The molecule has 6 atom stereocenters. The van der Waals surface area contributed by atoms with Crippen molar-refractivity contribution in [2.24, 2.45) is 0 Å². The van der Waals surface area contributed by atoms with Crippen LogP contribution in [0.1, 0.15) is 187 Å². The van der Waals surface area contributed by atoms with Crippen LogP contribution in [0.5, 0.6) is 0 Å². The molecule has 1 aliphatic rings. The molecule has 0 aromatic heterocycles. The van der Waals surface area contributed by atoms with Gasteiger partial charge in [0.2, 0.25) is 0 Å². The van der Waals surface area contributed by atoms with E-state index in [1.807, 2.05) is 0 Å². The predicted molar refractivity (Wildman–Crippen MR) is 226 cm³/mol. The molecule has 336 valence electrons. The van der Waals surface area contributed by atoms with E-state index in [1.54, 1.807) is 0 Å². The van der Waals surface area contributed by atoms with Gasteiger partial charge in [0.05, 0.1) is 13.2 Å². The molecule has 6 unspecified atom stereocenters. The molecule has 1 fully saturated rings. The van der Waals surface area contributed by atoms with Gasteiger partial charge in [-0.15, -0.1) is 0 Å². The zero-order valence-corrected chi connectivity index (χ0v) is 36.5. The van der Waals surface area contributed by atoms with Gasteiger partial charge in [-0.25, -0.2) is 4.57 Å². The molecular formula is C44H83O12P. The first kappa shape index (κ1) is 53.8. The Balaban J connectivity index is 2.41. The Hall–Kier alpha value is -1.18. The van der Waals surface area contributed by atoms with E-state index in [0.717, 1.165) is 57.8 Å². The van der Waals surface area contributed by atoms with Crippen molar-refractivity contribution in [2.75, 3.05) is 19.8 Å². The van der Waals surface area contributed by atoms with Crippen molar-refractivity contribution in [3.8, 4) is 0 Å². The minimum absolute atomic E-state index is 0.0803. The molecule has 0 heterocycles. The Bertz CT molecular complexity index is 1040. The van der Waals surface area contributed by atoms with Gasteiger partial charge in [-0.3, -0.25) is 13.8 Å². The molecule has 1 aliphatic carbocycles. The highest BCUT2D eigenvalue weighted by Crippen LogP contribution is 2.47. The third-order valence-corrected chi connectivity index (χ3v) is 11.6. The minimum Gasteiger partial charge on any atom is -0.457 e. The quantitative estimate of drug-likeness (QED) is 0.0150. The Morgan fingerprint density at radius 1 is 0.561 bits per heavy atom. The van der Waals surface area contributed by atoms with Gasteiger partial charge >= 0.3 is 13.8 Å². The van der Waals surface area contributed by atoms with Crippen LogP contribution in [0.15, 0.2) is 24.3 Å². The molecule has 0 radical (unpaired) electrons. The van der Waals surface area contributed by atoms with Crippen LogP contribution in [-0.4, -0.2) is 98.9 Å². The number of aliphatic hydroxyl groups is 5. The average molecular weight is 835 g/mol. The van der Waals surface area contributed by atoms with Crippen LogP contribution < -0.4 is 0 Å². The van der Waals surface area contributed by atoms with Crippen LogP contribution in [0, 0.1) is 0 Å². The maximum atomic E-state index is 12.8. The van der Waals surface area contributed by atoms with E-state index in [9.17, 15) is 39.8 Å². The fraction of sp³-hybridized carbons (Fsp3) is 0.886. The third kappa shape index (κ3) is 28.1. The number of allylic oxidation sites excluding steroid dienone is 4. The maximum absolute atomic E-state index is 12.8. The van der Waals surface area contributed by atoms with Crippen molar-refractivity contribution in [2.45, 2.75) is 230 Å². The Morgan fingerprint density at radius 3 is 1.51 bits per heavy atom. The zero-order valence-electron chi connectivity index (χ0n) is 35.6. The summed E-state index contributed by atoms with van der Waals surface area (Å²) in [5.41, 5.74) is 0. The summed E-state index contributed by atoms with van der Waals surface area (Å²) in [4.78, 5) is 23.1. The van der Waals surface area contributed by atoms with Crippen LogP contribution in [0.25, 0.3) is 0 Å². The number of carbonyl (C=O) groups is 1. The lowest BCUT2D eigenvalue weighted by atomic mass is 9.85. The molecule has 0 aliphatic heterocycles. The fourth-order valence-corrected chi connectivity index (χ4v) is 7.89. The Kier molecular flexibility index (Phi) is 33.6. The molecule has 0 spiro atoms. The standard InChI is InChI=1S/C44H83O12P/c1-3-5-7-9-11-13-15-17-19-20-22-24-26-28-30-32-34-53-35-37(36-54-57(51,52)56-44-42(49)40(47)39(46)41(48)43(44)50)55-38(45)33-31-29-27-25-23-21-18-16-14-12-10-8-6-4-2/h11,13,17,19,37,39-44,46-50H,3-10,12,14-16,18,20-36H2,1-2H3,(H,51,52)/b13-11-,19-17-. The topological polar surface area (TPSA) is 192 Å². The van der Waals surface area contributed by atoms with E-state index in [2.05, 4.69) is 38.2 Å². The van der Waals surface area contributed by atoms with Crippen molar-refractivity contribution < 1.29 is 58.3 Å². The smallest absolute Gasteiger partial charge is 0.457 e. The van der Waals surface area contributed by atoms with E-state index in [1.165, 1.54) is 103 Å². The highest BCUT2D eigenvalue weighted by atomic mass is 31.2. The van der Waals surface area contributed by atoms with Gasteiger partial charge in [-0.05, 0) is 44.9 Å². The van der Waals surface area contributed by atoms with E-state index < -0.39 is 63.1 Å². The summed E-state index contributed by atoms with van der Waals surface area (Å²) in [6.45, 7) is 4.22. The van der Waals surface area contributed by atoms with Crippen molar-refractivity contribution in [1.82, 2.24) is 0 Å². The van der Waals surface area contributed by atoms with Crippen molar-refractivity contribution in [3.63, 3.8) is 0 Å². The van der Waals surface area contributed by atoms with Crippen LogP contribution in [0.2, 0.25) is 0 Å². The molecule has 6 N–H and O–H groups in total. The van der Waals surface area contributed by atoms with E-state index in [4.69, 9.17) is 18.5 Å². The Labute approximate surface area is 345 Å². The normalized spacial score (nSPS) is 23.0. The van der Waals surface area contributed by atoms with Gasteiger partial charge in [0.15, 0.2) is 0 Å². The number of aliphatic hydroxyl groups excluding tert-OH is 5. The highest BCUT2D eigenvalue weighted by Gasteiger charge is 2.51. The van der Waals surface area contributed by atoms with Crippen LogP contribution in [-0.2, 0) is 27.9 Å². The number of ether oxygens (including phenoxy) is 2. The summed E-state index contributed by atoms with van der Waals surface area (Å²) in [6.07, 6.45) is 26.7. The molecule has 12 nitrogen and oxygen atoms in total. The highest BCUT2D eigenvalue weighted by molar-refractivity contribution is 7.47. The molecule has 13 heteroatoms. The number of hydrogen-bond donors (Lipinski definition) is 6. The van der Waals surface area contributed by atoms with Crippen molar-refractivity contribution >= 4 is 13.8 Å². The van der Waals surface area contributed by atoms with Gasteiger partial charge in [-0.1, -0.05) is 160 Å². The summed E-state index contributed by atoms with van der Waals surface area (Å²) in [5.74, 6) is -0.480. The Morgan fingerprint density at radius 2 is 0.982 bits per heavy atom. The summed E-state index contributed by atoms with van der Waals surface area (Å²) in [6, 6.07) is 0. The fourth-order valence-electron chi connectivity index (χ4n) is 6.91. The molecule has 0 aromatic carbocycles. The summed E-state index contributed by atoms with van der Waals surface area (Å²) >= 11 is 0. The molecule has 1 rings (SSSR count). The van der Waals surface area contributed by atoms with Gasteiger partial charge in [-0.2, -0.15) is 0 Å². The summed E-state index contributed by atoms with van der Waals surface area (Å²) in [5, 5.41) is 50.1. The number of esters is 1. The number of phosphoric ester groups is 1. The first-order valence-electron chi connectivity index (χ1n) is 22.7. The molecular weight excluding hydrogens is 751 g/mol. The zero-order chi connectivity index (χ0) is 42.0. The van der Waals surface area contributed by atoms with E-state index in [0.29, 0.717) is 13.0 Å². The van der Waals surface area contributed by atoms with E-state index in [-0.39, 0.29) is 13.0 Å². The van der Waals surface area contributed by atoms with Crippen molar-refractivity contribution in [3.05, 3.63) is 24.3 Å². The third-order valence-electron chi connectivity index (χ3n) is 10.6. The second-order valence-electron chi connectivity index (χ2n) is 15.9. The number of rotatable bonds is 38. The maximum Gasteiger partial charge on any atom is 0.472 e. The molecule has 0 aromatic rings. The minimum atomic E-state index is -5.01. The van der Waals surface area contributed by atoms with Gasteiger partial charge < -0.3 is 39.9 Å². The summed E-state index contributed by atoms with van der Waals surface area (Å²) in [7, 11) is -5.01. The van der Waals surface area contributed by atoms with Gasteiger partial charge in [0, 0.05) is 13.0 Å². The number of unbranched alkanes of at least 4 members (excludes halogenated alkanes) is 22. The SMILES string of the molecule is CCCCC/C=C\C/C=C\CCCCCCCCOCC(COP(=O)(O)OC1C(O)C(O)C(O)C(O)C1O)OC(=O)CCCCCCCCCCCCCCCC. The van der Waals surface area contributed by atoms with Crippen molar-refractivity contribution in [1.29, 1.82) is 0 Å². The lowest BCUT2D eigenvalue weighted by Crippen LogP contribution is -2.64.